The van der Waals surface area contributed by atoms with Gasteiger partial charge in [-0.2, -0.15) is 0 Å². The van der Waals surface area contributed by atoms with Crippen molar-refractivity contribution in [2.24, 2.45) is 0 Å². The van der Waals surface area contributed by atoms with Crippen molar-refractivity contribution < 1.29 is 14.3 Å². The van der Waals surface area contributed by atoms with Crippen LogP contribution < -0.4 is 4.74 Å². The number of fused-ring (bicyclic) bond motifs is 3. The van der Waals surface area contributed by atoms with Crippen molar-refractivity contribution in [2.45, 2.75) is 57.7 Å². The molecule has 0 aromatic heterocycles. The molecule has 1 aliphatic carbocycles. The van der Waals surface area contributed by atoms with Crippen molar-refractivity contribution >= 4 is 5.97 Å². The van der Waals surface area contributed by atoms with Crippen LogP contribution in [-0.2, 0) is 4.74 Å². The molecule has 0 saturated carbocycles. The van der Waals surface area contributed by atoms with Crippen molar-refractivity contribution in [3.05, 3.63) is 64.7 Å². The molecule has 0 radical (unpaired) electrons. The number of esters is 1. The maximum atomic E-state index is 12.4. The number of carbonyl (C=O) groups is 1. The van der Waals surface area contributed by atoms with E-state index >= 15 is 0 Å². The van der Waals surface area contributed by atoms with E-state index in [1.54, 1.807) is 12.1 Å². The number of rotatable bonds is 2. The van der Waals surface area contributed by atoms with Crippen LogP contribution in [0.3, 0.4) is 0 Å². The van der Waals surface area contributed by atoms with Crippen LogP contribution in [0.15, 0.2) is 42.5 Å². The van der Waals surface area contributed by atoms with Gasteiger partial charge in [0, 0.05) is 0 Å². The molecule has 2 aliphatic rings. The summed E-state index contributed by atoms with van der Waals surface area (Å²) in [5.74, 6) is 0.788. The fourth-order valence-corrected chi connectivity index (χ4v) is 3.96. The Kier molecular flexibility index (Phi) is 3.92. The Morgan fingerprint density at radius 2 is 1.96 bits per heavy atom. The Morgan fingerprint density at radius 1 is 1.20 bits per heavy atom. The highest BCUT2D eigenvalue weighted by Gasteiger charge is 2.54. The lowest BCUT2D eigenvalue weighted by atomic mass is 9.82. The van der Waals surface area contributed by atoms with Crippen LogP contribution in [0, 0.1) is 6.92 Å². The third kappa shape index (κ3) is 2.98. The first-order chi connectivity index (χ1) is 12.0. The van der Waals surface area contributed by atoms with Gasteiger partial charge in [0.05, 0.1) is 11.2 Å². The smallest absolute Gasteiger partial charge is 0.343 e. The van der Waals surface area contributed by atoms with Gasteiger partial charge in [-0.1, -0.05) is 25.1 Å². The van der Waals surface area contributed by atoms with Crippen LogP contribution in [-0.4, -0.2) is 11.6 Å². The van der Waals surface area contributed by atoms with Crippen molar-refractivity contribution in [1.82, 2.24) is 0 Å². The first-order valence-corrected chi connectivity index (χ1v) is 9.07. The highest BCUT2D eigenvalue weighted by atomic mass is 16.6. The van der Waals surface area contributed by atoms with Crippen LogP contribution in [0.4, 0.5) is 0 Å². The molecular formula is C22H24O3. The fourth-order valence-electron chi connectivity index (χ4n) is 3.96. The summed E-state index contributed by atoms with van der Waals surface area (Å²) >= 11 is 0. The zero-order valence-electron chi connectivity index (χ0n) is 15.0. The van der Waals surface area contributed by atoms with E-state index in [0.29, 0.717) is 17.2 Å². The van der Waals surface area contributed by atoms with Crippen molar-refractivity contribution in [2.75, 3.05) is 0 Å². The second-order valence-electron chi connectivity index (χ2n) is 7.61. The topological polar surface area (TPSA) is 38.8 Å². The molecule has 0 spiro atoms. The molecule has 1 saturated heterocycles. The number of carbonyl (C=O) groups excluding carboxylic acids is 1. The largest absolute Gasteiger partial charge is 0.423 e. The SMILES string of the molecule is Cc1cc2c(cc1OC(=O)c1ccccc1)[C@H](C)CCC[C@]1(C)O[C@H]21. The second kappa shape index (κ2) is 5.99. The normalized spacial score (nSPS) is 27.5. The van der Waals surface area contributed by atoms with Crippen LogP contribution in [0.25, 0.3) is 0 Å². The van der Waals surface area contributed by atoms with E-state index in [1.165, 1.54) is 17.5 Å². The van der Waals surface area contributed by atoms with Gasteiger partial charge >= 0.3 is 5.97 Å². The molecule has 2 aromatic carbocycles. The number of aryl methyl sites for hydroxylation is 1. The molecule has 3 heteroatoms. The van der Waals surface area contributed by atoms with Gasteiger partial charge in [0.15, 0.2) is 0 Å². The van der Waals surface area contributed by atoms with E-state index in [1.807, 2.05) is 25.1 Å². The molecule has 1 aliphatic heterocycles. The molecule has 0 unspecified atom stereocenters. The molecule has 2 aromatic rings. The van der Waals surface area contributed by atoms with E-state index in [9.17, 15) is 4.79 Å². The maximum Gasteiger partial charge on any atom is 0.343 e. The molecular weight excluding hydrogens is 312 g/mol. The Labute approximate surface area is 149 Å². The number of epoxide rings is 1. The molecule has 3 atom stereocenters. The van der Waals surface area contributed by atoms with Gasteiger partial charge in [-0.25, -0.2) is 4.79 Å². The van der Waals surface area contributed by atoms with Gasteiger partial charge in [0.25, 0.3) is 0 Å². The fraction of sp³-hybridized carbons (Fsp3) is 0.409. The van der Waals surface area contributed by atoms with Crippen LogP contribution in [0.1, 0.15) is 72.2 Å². The Balaban J connectivity index is 1.68. The zero-order valence-corrected chi connectivity index (χ0v) is 15.0. The average molecular weight is 336 g/mol. The number of benzene rings is 2. The standard InChI is InChI=1S/C22H24O3/c1-14-8-7-11-22(3)20(25-22)18-12-15(2)19(13-17(14)18)24-21(23)16-9-5-4-6-10-16/h4-6,9-10,12-14,20H,7-8,11H2,1-3H3/t14-,20-,22+/m1/s1. The Bertz CT molecular complexity index is 812. The van der Waals surface area contributed by atoms with Gasteiger partial charge in [0.2, 0.25) is 0 Å². The predicted octanol–water partition coefficient (Wildman–Crippen LogP) is 5.33. The Hall–Kier alpha value is -2.13. The van der Waals surface area contributed by atoms with Gasteiger partial charge in [0.1, 0.15) is 11.9 Å². The third-order valence-corrected chi connectivity index (χ3v) is 5.60. The summed E-state index contributed by atoms with van der Waals surface area (Å²) in [5, 5.41) is 0. The summed E-state index contributed by atoms with van der Waals surface area (Å²) in [7, 11) is 0. The lowest BCUT2D eigenvalue weighted by Crippen LogP contribution is -2.14. The Morgan fingerprint density at radius 3 is 2.72 bits per heavy atom. The van der Waals surface area contributed by atoms with E-state index < -0.39 is 0 Å². The van der Waals surface area contributed by atoms with E-state index in [4.69, 9.17) is 9.47 Å². The van der Waals surface area contributed by atoms with Gasteiger partial charge in [-0.05, 0) is 80.0 Å². The molecule has 0 amide bonds. The number of hydrogen-bond donors (Lipinski definition) is 0. The molecule has 25 heavy (non-hydrogen) atoms. The summed E-state index contributed by atoms with van der Waals surface area (Å²) < 4.78 is 11.7. The highest BCUT2D eigenvalue weighted by molar-refractivity contribution is 5.91. The molecule has 0 N–H and O–H groups in total. The lowest BCUT2D eigenvalue weighted by molar-refractivity contribution is 0.0733. The quantitative estimate of drug-likeness (QED) is 0.422. The van der Waals surface area contributed by atoms with Crippen molar-refractivity contribution in [1.29, 1.82) is 0 Å². The lowest BCUT2D eigenvalue weighted by Gasteiger charge is -2.22. The summed E-state index contributed by atoms with van der Waals surface area (Å²) in [6, 6.07) is 13.3. The van der Waals surface area contributed by atoms with Gasteiger partial charge in [-0.15, -0.1) is 0 Å². The third-order valence-electron chi connectivity index (χ3n) is 5.60. The van der Waals surface area contributed by atoms with Crippen LogP contribution in [0.2, 0.25) is 0 Å². The first-order valence-electron chi connectivity index (χ1n) is 9.07. The minimum atomic E-state index is -0.311. The molecule has 0 bridgehead atoms. The predicted molar refractivity (Wildman–Crippen MR) is 97.1 cm³/mol. The van der Waals surface area contributed by atoms with Gasteiger partial charge in [-0.3, -0.25) is 0 Å². The highest BCUT2D eigenvalue weighted by Crippen LogP contribution is 2.56. The van der Waals surface area contributed by atoms with E-state index in [0.717, 1.165) is 18.4 Å². The summed E-state index contributed by atoms with van der Waals surface area (Å²) in [5.41, 5.74) is 4.07. The van der Waals surface area contributed by atoms with Crippen LogP contribution in [0.5, 0.6) is 5.75 Å². The molecule has 130 valence electrons. The first kappa shape index (κ1) is 16.3. The molecule has 1 heterocycles. The summed E-state index contributed by atoms with van der Waals surface area (Å²) in [6.07, 6.45) is 3.60. The zero-order chi connectivity index (χ0) is 17.6. The summed E-state index contributed by atoms with van der Waals surface area (Å²) in [6.45, 7) is 6.45. The minimum absolute atomic E-state index is 0.0104. The summed E-state index contributed by atoms with van der Waals surface area (Å²) in [4.78, 5) is 12.4. The number of hydrogen-bond acceptors (Lipinski definition) is 3. The van der Waals surface area contributed by atoms with Crippen molar-refractivity contribution in [3.63, 3.8) is 0 Å². The average Bonchev–Trinajstić information content (AvgIpc) is 3.26. The molecule has 1 fully saturated rings. The maximum absolute atomic E-state index is 12.4. The molecule has 4 rings (SSSR count). The second-order valence-corrected chi connectivity index (χ2v) is 7.61. The number of ether oxygens (including phenoxy) is 2. The monoisotopic (exact) mass is 336 g/mol. The van der Waals surface area contributed by atoms with Gasteiger partial charge < -0.3 is 9.47 Å². The van der Waals surface area contributed by atoms with E-state index in [-0.39, 0.29) is 17.7 Å². The van der Waals surface area contributed by atoms with E-state index in [2.05, 4.69) is 26.0 Å². The van der Waals surface area contributed by atoms with Crippen molar-refractivity contribution in [3.8, 4) is 5.75 Å². The minimum Gasteiger partial charge on any atom is -0.423 e. The van der Waals surface area contributed by atoms with Crippen LogP contribution >= 0.6 is 0 Å². The molecule has 3 nitrogen and oxygen atoms in total.